The molecule has 2 aromatic rings. The van der Waals surface area contributed by atoms with Crippen LogP contribution in [0.25, 0.3) is 0 Å². The van der Waals surface area contributed by atoms with Crippen LogP contribution in [0, 0.1) is 6.92 Å². The summed E-state index contributed by atoms with van der Waals surface area (Å²) in [6.45, 7) is 2.62. The van der Waals surface area contributed by atoms with Gasteiger partial charge < -0.3 is 10.0 Å². The predicted octanol–water partition coefficient (Wildman–Crippen LogP) is 3.33. The summed E-state index contributed by atoms with van der Waals surface area (Å²) in [6, 6.07) is 15.3. The van der Waals surface area contributed by atoms with E-state index in [1.165, 1.54) is 5.56 Å². The molecule has 0 heterocycles. The molecule has 0 aliphatic rings. The molecular formula is C16H17NO2. The molecule has 0 unspecified atom stereocenters. The molecule has 0 radical (unpaired) electrons. The Labute approximate surface area is 113 Å². The van der Waals surface area contributed by atoms with Gasteiger partial charge in [-0.15, -0.1) is 0 Å². The third kappa shape index (κ3) is 3.13. The van der Waals surface area contributed by atoms with Gasteiger partial charge in [-0.1, -0.05) is 35.9 Å². The van der Waals surface area contributed by atoms with Crippen molar-refractivity contribution in [1.82, 2.24) is 0 Å². The van der Waals surface area contributed by atoms with Gasteiger partial charge in [-0.05, 0) is 30.7 Å². The second-order valence-electron chi connectivity index (χ2n) is 4.65. The van der Waals surface area contributed by atoms with E-state index in [-0.39, 0.29) is 0 Å². The highest BCUT2D eigenvalue weighted by molar-refractivity contribution is 5.89. The van der Waals surface area contributed by atoms with E-state index in [9.17, 15) is 4.79 Å². The Morgan fingerprint density at radius 2 is 1.74 bits per heavy atom. The lowest BCUT2D eigenvalue weighted by atomic mass is 10.1. The van der Waals surface area contributed by atoms with Crippen LogP contribution in [0.1, 0.15) is 21.5 Å². The molecule has 0 fully saturated rings. The van der Waals surface area contributed by atoms with Gasteiger partial charge >= 0.3 is 5.97 Å². The number of rotatable bonds is 4. The third-order valence-electron chi connectivity index (χ3n) is 3.13. The van der Waals surface area contributed by atoms with E-state index >= 15 is 0 Å². The Kier molecular flexibility index (Phi) is 3.85. The number of hydrogen-bond acceptors (Lipinski definition) is 2. The Bertz CT molecular complexity index is 576. The van der Waals surface area contributed by atoms with Gasteiger partial charge in [0.15, 0.2) is 0 Å². The fourth-order valence-electron chi connectivity index (χ4n) is 2.01. The average Bonchev–Trinajstić information content (AvgIpc) is 2.39. The third-order valence-corrected chi connectivity index (χ3v) is 3.13. The van der Waals surface area contributed by atoms with Crippen molar-refractivity contribution in [3.05, 3.63) is 65.2 Å². The summed E-state index contributed by atoms with van der Waals surface area (Å²) in [4.78, 5) is 13.2. The van der Waals surface area contributed by atoms with Crippen molar-refractivity contribution in [3.63, 3.8) is 0 Å². The van der Waals surface area contributed by atoms with Crippen LogP contribution in [0.3, 0.4) is 0 Å². The monoisotopic (exact) mass is 255 g/mol. The van der Waals surface area contributed by atoms with Crippen molar-refractivity contribution in [1.29, 1.82) is 0 Å². The van der Waals surface area contributed by atoms with E-state index in [0.29, 0.717) is 12.1 Å². The van der Waals surface area contributed by atoms with Crippen LogP contribution in [-0.4, -0.2) is 18.1 Å². The lowest BCUT2D eigenvalue weighted by Gasteiger charge is -2.20. The van der Waals surface area contributed by atoms with Gasteiger partial charge in [-0.2, -0.15) is 0 Å². The number of anilines is 1. The normalized spacial score (nSPS) is 10.2. The molecule has 98 valence electrons. The summed E-state index contributed by atoms with van der Waals surface area (Å²) in [5.41, 5.74) is 3.47. The molecule has 0 aliphatic heterocycles. The SMILES string of the molecule is Cc1ccc(N(C)Cc2ccccc2C(=O)O)cc1. The van der Waals surface area contributed by atoms with Gasteiger partial charge in [0.25, 0.3) is 0 Å². The summed E-state index contributed by atoms with van der Waals surface area (Å²) in [6.07, 6.45) is 0. The average molecular weight is 255 g/mol. The van der Waals surface area contributed by atoms with E-state index in [2.05, 4.69) is 12.1 Å². The number of aryl methyl sites for hydroxylation is 1. The van der Waals surface area contributed by atoms with Crippen LogP contribution in [0.5, 0.6) is 0 Å². The van der Waals surface area contributed by atoms with Crippen molar-refractivity contribution in [2.24, 2.45) is 0 Å². The summed E-state index contributed by atoms with van der Waals surface area (Å²) in [5.74, 6) is -0.882. The molecule has 0 spiro atoms. The first-order valence-electron chi connectivity index (χ1n) is 6.17. The van der Waals surface area contributed by atoms with Crippen molar-refractivity contribution in [3.8, 4) is 0 Å². The Hall–Kier alpha value is -2.29. The fraction of sp³-hybridized carbons (Fsp3) is 0.188. The summed E-state index contributed by atoms with van der Waals surface area (Å²) in [7, 11) is 1.96. The summed E-state index contributed by atoms with van der Waals surface area (Å²) in [5, 5.41) is 9.17. The molecule has 1 N–H and O–H groups in total. The minimum atomic E-state index is -0.882. The van der Waals surface area contributed by atoms with E-state index in [0.717, 1.165) is 11.3 Å². The lowest BCUT2D eigenvalue weighted by Crippen LogP contribution is -2.18. The van der Waals surface area contributed by atoms with E-state index in [4.69, 9.17) is 5.11 Å². The maximum atomic E-state index is 11.2. The zero-order valence-electron chi connectivity index (χ0n) is 11.1. The number of carbonyl (C=O) groups is 1. The van der Waals surface area contributed by atoms with Crippen LogP contribution in [0.2, 0.25) is 0 Å². The van der Waals surface area contributed by atoms with E-state index in [1.54, 1.807) is 12.1 Å². The number of carboxylic acid groups (broad SMARTS) is 1. The molecule has 0 amide bonds. The highest BCUT2D eigenvalue weighted by atomic mass is 16.4. The van der Waals surface area contributed by atoms with Crippen LogP contribution in [-0.2, 0) is 6.54 Å². The summed E-state index contributed by atoms with van der Waals surface area (Å²) >= 11 is 0. The molecular weight excluding hydrogens is 238 g/mol. The second-order valence-corrected chi connectivity index (χ2v) is 4.65. The number of aromatic carboxylic acids is 1. The molecule has 2 rings (SSSR count). The van der Waals surface area contributed by atoms with Gasteiger partial charge in [-0.3, -0.25) is 0 Å². The van der Waals surface area contributed by atoms with E-state index in [1.807, 2.05) is 43.1 Å². The first-order chi connectivity index (χ1) is 9.08. The smallest absolute Gasteiger partial charge is 0.336 e. The molecule has 0 saturated carbocycles. The molecule has 0 aromatic heterocycles. The second kappa shape index (κ2) is 5.57. The molecule has 0 saturated heterocycles. The maximum Gasteiger partial charge on any atom is 0.336 e. The zero-order chi connectivity index (χ0) is 13.8. The lowest BCUT2D eigenvalue weighted by molar-refractivity contribution is 0.0695. The largest absolute Gasteiger partial charge is 0.478 e. The molecule has 3 nitrogen and oxygen atoms in total. The molecule has 0 bridgehead atoms. The zero-order valence-corrected chi connectivity index (χ0v) is 11.1. The van der Waals surface area contributed by atoms with Crippen LogP contribution >= 0.6 is 0 Å². The van der Waals surface area contributed by atoms with Crippen LogP contribution < -0.4 is 4.90 Å². The number of carboxylic acids is 1. The summed E-state index contributed by atoms with van der Waals surface area (Å²) < 4.78 is 0. The minimum Gasteiger partial charge on any atom is -0.478 e. The number of nitrogens with zero attached hydrogens (tertiary/aromatic N) is 1. The van der Waals surface area contributed by atoms with Crippen molar-refractivity contribution < 1.29 is 9.90 Å². The van der Waals surface area contributed by atoms with Crippen LogP contribution in [0.4, 0.5) is 5.69 Å². The number of hydrogen-bond donors (Lipinski definition) is 1. The Morgan fingerprint density at radius 1 is 1.11 bits per heavy atom. The van der Waals surface area contributed by atoms with Gasteiger partial charge in [-0.25, -0.2) is 4.79 Å². The Balaban J connectivity index is 2.21. The highest BCUT2D eigenvalue weighted by Crippen LogP contribution is 2.18. The van der Waals surface area contributed by atoms with Gasteiger partial charge in [0.05, 0.1) is 5.56 Å². The van der Waals surface area contributed by atoms with Crippen LogP contribution in [0.15, 0.2) is 48.5 Å². The van der Waals surface area contributed by atoms with Gasteiger partial charge in [0.1, 0.15) is 0 Å². The first-order valence-corrected chi connectivity index (χ1v) is 6.17. The predicted molar refractivity (Wildman–Crippen MR) is 76.7 cm³/mol. The number of benzene rings is 2. The molecule has 19 heavy (non-hydrogen) atoms. The van der Waals surface area contributed by atoms with Crippen molar-refractivity contribution in [2.75, 3.05) is 11.9 Å². The first kappa shape index (κ1) is 13.1. The molecule has 2 aromatic carbocycles. The Morgan fingerprint density at radius 3 is 2.37 bits per heavy atom. The topological polar surface area (TPSA) is 40.5 Å². The standard InChI is InChI=1S/C16H17NO2/c1-12-7-9-14(10-8-12)17(2)11-13-5-3-4-6-15(13)16(18)19/h3-10H,11H2,1-2H3,(H,18,19). The minimum absolute atomic E-state index is 0.362. The van der Waals surface area contributed by atoms with Gasteiger partial charge in [0.2, 0.25) is 0 Å². The van der Waals surface area contributed by atoms with E-state index < -0.39 is 5.97 Å². The highest BCUT2D eigenvalue weighted by Gasteiger charge is 2.11. The maximum absolute atomic E-state index is 11.2. The molecule has 0 aliphatic carbocycles. The quantitative estimate of drug-likeness (QED) is 0.911. The molecule has 3 heteroatoms. The molecule has 0 atom stereocenters. The van der Waals surface area contributed by atoms with Crippen molar-refractivity contribution in [2.45, 2.75) is 13.5 Å². The fourth-order valence-corrected chi connectivity index (χ4v) is 2.01. The van der Waals surface area contributed by atoms with Gasteiger partial charge in [0, 0.05) is 19.3 Å². The van der Waals surface area contributed by atoms with Crippen molar-refractivity contribution >= 4 is 11.7 Å².